The number of hydrogen-bond acceptors (Lipinski definition) is 2. The van der Waals surface area contributed by atoms with Gasteiger partial charge in [-0.1, -0.05) is 23.7 Å². The van der Waals surface area contributed by atoms with Gasteiger partial charge in [-0.25, -0.2) is 0 Å². The molecule has 0 unspecified atom stereocenters. The number of benzene rings is 1. The lowest BCUT2D eigenvalue weighted by Gasteiger charge is -2.21. The molecule has 2 rings (SSSR count). The first-order valence-corrected chi connectivity index (χ1v) is 7.08. The highest BCUT2D eigenvalue weighted by atomic mass is 35.5. The molecule has 0 fully saturated rings. The molecule has 0 saturated heterocycles. The van der Waals surface area contributed by atoms with E-state index in [4.69, 9.17) is 23.2 Å². The van der Waals surface area contributed by atoms with E-state index in [2.05, 4.69) is 29.5 Å². The lowest BCUT2D eigenvalue weighted by atomic mass is 10.2. The standard InChI is InChI=1S/C13H13Cl2NS/c1-16(9-12-3-2-6-17-12)13-7-11(15)5-4-10(13)8-14/h2-7H,8-9H2,1H3. The quantitative estimate of drug-likeness (QED) is 0.731. The van der Waals surface area contributed by atoms with E-state index in [1.165, 1.54) is 4.88 Å². The second kappa shape index (κ2) is 5.76. The maximum absolute atomic E-state index is 6.03. The summed E-state index contributed by atoms with van der Waals surface area (Å²) in [6, 6.07) is 10.0. The monoisotopic (exact) mass is 285 g/mol. The molecule has 0 radical (unpaired) electrons. The second-order valence-electron chi connectivity index (χ2n) is 3.84. The smallest absolute Gasteiger partial charge is 0.0519 e. The summed E-state index contributed by atoms with van der Waals surface area (Å²) >= 11 is 13.7. The third kappa shape index (κ3) is 3.15. The molecular formula is C13H13Cl2NS. The molecule has 4 heteroatoms. The molecule has 17 heavy (non-hydrogen) atoms. The van der Waals surface area contributed by atoms with Gasteiger partial charge in [0, 0.05) is 28.5 Å². The maximum Gasteiger partial charge on any atom is 0.0519 e. The van der Waals surface area contributed by atoms with Crippen LogP contribution in [0.3, 0.4) is 0 Å². The molecule has 0 N–H and O–H groups in total. The van der Waals surface area contributed by atoms with E-state index in [0.29, 0.717) is 5.88 Å². The van der Waals surface area contributed by atoms with Gasteiger partial charge in [-0.05, 0) is 29.1 Å². The lowest BCUT2D eigenvalue weighted by molar-refractivity contribution is 0.932. The highest BCUT2D eigenvalue weighted by Gasteiger charge is 2.08. The van der Waals surface area contributed by atoms with Crippen LogP contribution in [-0.4, -0.2) is 7.05 Å². The van der Waals surface area contributed by atoms with E-state index in [0.717, 1.165) is 22.8 Å². The average Bonchev–Trinajstić information content (AvgIpc) is 2.81. The third-order valence-electron chi connectivity index (χ3n) is 2.58. The molecule has 90 valence electrons. The van der Waals surface area contributed by atoms with Gasteiger partial charge in [0.2, 0.25) is 0 Å². The fourth-order valence-corrected chi connectivity index (χ4v) is 2.88. The minimum atomic E-state index is 0.501. The zero-order chi connectivity index (χ0) is 12.3. The SMILES string of the molecule is CN(Cc1cccs1)c1cc(Cl)ccc1CCl. The van der Waals surface area contributed by atoms with Gasteiger partial charge >= 0.3 is 0 Å². The van der Waals surface area contributed by atoms with E-state index >= 15 is 0 Å². The van der Waals surface area contributed by atoms with Gasteiger partial charge in [0.1, 0.15) is 0 Å². The summed E-state index contributed by atoms with van der Waals surface area (Å²) in [7, 11) is 2.06. The van der Waals surface area contributed by atoms with Gasteiger partial charge in [-0.2, -0.15) is 0 Å². The molecule has 0 spiro atoms. The van der Waals surface area contributed by atoms with Crippen LogP contribution in [0.5, 0.6) is 0 Å². The van der Waals surface area contributed by atoms with E-state index in [1.54, 1.807) is 11.3 Å². The van der Waals surface area contributed by atoms with Crippen LogP contribution in [-0.2, 0) is 12.4 Å². The average molecular weight is 286 g/mol. The minimum Gasteiger partial charge on any atom is -0.369 e. The van der Waals surface area contributed by atoms with Gasteiger partial charge in [-0.15, -0.1) is 22.9 Å². The van der Waals surface area contributed by atoms with Crippen LogP contribution >= 0.6 is 34.5 Å². The number of anilines is 1. The largest absolute Gasteiger partial charge is 0.369 e. The Kier molecular flexibility index (Phi) is 4.32. The van der Waals surface area contributed by atoms with E-state index < -0.39 is 0 Å². The Hall–Kier alpha value is -0.700. The summed E-state index contributed by atoms with van der Waals surface area (Å²) in [5.41, 5.74) is 2.20. The molecule has 0 aliphatic rings. The summed E-state index contributed by atoms with van der Waals surface area (Å²) in [6.45, 7) is 0.877. The summed E-state index contributed by atoms with van der Waals surface area (Å²) in [5.74, 6) is 0.501. The van der Waals surface area contributed by atoms with E-state index in [-0.39, 0.29) is 0 Å². The van der Waals surface area contributed by atoms with Crippen molar-refractivity contribution in [3.63, 3.8) is 0 Å². The van der Waals surface area contributed by atoms with Gasteiger partial charge in [0.25, 0.3) is 0 Å². The summed E-state index contributed by atoms with van der Waals surface area (Å²) < 4.78 is 0. The Bertz CT molecular complexity index is 482. The zero-order valence-electron chi connectivity index (χ0n) is 9.49. The number of thiophene rings is 1. The Labute approximate surface area is 116 Å². The Morgan fingerprint density at radius 2 is 2.12 bits per heavy atom. The number of alkyl halides is 1. The van der Waals surface area contributed by atoms with Crippen molar-refractivity contribution in [2.24, 2.45) is 0 Å². The van der Waals surface area contributed by atoms with E-state index in [9.17, 15) is 0 Å². The molecule has 1 nitrogen and oxygen atoms in total. The minimum absolute atomic E-state index is 0.501. The van der Waals surface area contributed by atoms with Crippen molar-refractivity contribution in [1.29, 1.82) is 0 Å². The fraction of sp³-hybridized carbons (Fsp3) is 0.231. The van der Waals surface area contributed by atoms with Crippen LogP contribution in [0.4, 0.5) is 5.69 Å². The fourth-order valence-electron chi connectivity index (χ4n) is 1.73. The third-order valence-corrected chi connectivity index (χ3v) is 3.96. The topological polar surface area (TPSA) is 3.24 Å². The number of nitrogens with zero attached hydrogens (tertiary/aromatic N) is 1. The van der Waals surface area contributed by atoms with Crippen LogP contribution in [0.15, 0.2) is 35.7 Å². The normalized spacial score (nSPS) is 10.5. The van der Waals surface area contributed by atoms with Crippen LogP contribution in [0.2, 0.25) is 5.02 Å². The van der Waals surface area contributed by atoms with Crippen molar-refractivity contribution in [1.82, 2.24) is 0 Å². The predicted molar refractivity (Wildman–Crippen MR) is 77.4 cm³/mol. The van der Waals surface area contributed by atoms with Crippen molar-refractivity contribution in [3.8, 4) is 0 Å². The van der Waals surface area contributed by atoms with Crippen molar-refractivity contribution < 1.29 is 0 Å². The van der Waals surface area contributed by atoms with Crippen molar-refractivity contribution in [3.05, 3.63) is 51.2 Å². The van der Waals surface area contributed by atoms with Gasteiger partial charge in [-0.3, -0.25) is 0 Å². The number of halogens is 2. The van der Waals surface area contributed by atoms with Crippen LogP contribution in [0.1, 0.15) is 10.4 Å². The van der Waals surface area contributed by atoms with Gasteiger partial charge < -0.3 is 4.90 Å². The van der Waals surface area contributed by atoms with Crippen LogP contribution in [0.25, 0.3) is 0 Å². The lowest BCUT2D eigenvalue weighted by Crippen LogP contribution is -2.17. The first kappa shape index (κ1) is 12.7. The van der Waals surface area contributed by atoms with Crippen molar-refractivity contribution in [2.75, 3.05) is 11.9 Å². The number of hydrogen-bond donors (Lipinski definition) is 0. The Morgan fingerprint density at radius 3 is 2.76 bits per heavy atom. The molecule has 0 aliphatic heterocycles. The highest BCUT2D eigenvalue weighted by molar-refractivity contribution is 7.09. The van der Waals surface area contributed by atoms with Crippen molar-refractivity contribution >= 4 is 40.2 Å². The Morgan fingerprint density at radius 1 is 1.29 bits per heavy atom. The molecule has 0 saturated carbocycles. The predicted octanol–water partition coefficient (Wildman–Crippen LogP) is 4.78. The highest BCUT2D eigenvalue weighted by Crippen LogP contribution is 2.27. The molecule has 0 atom stereocenters. The van der Waals surface area contributed by atoms with E-state index in [1.807, 2.05) is 18.2 Å². The maximum atomic E-state index is 6.03. The molecule has 0 amide bonds. The Balaban J connectivity index is 2.23. The molecule has 1 heterocycles. The zero-order valence-corrected chi connectivity index (χ0v) is 11.8. The molecule has 2 aromatic rings. The molecule has 1 aromatic carbocycles. The summed E-state index contributed by atoms with van der Waals surface area (Å²) in [4.78, 5) is 3.50. The van der Waals surface area contributed by atoms with Crippen LogP contribution in [0, 0.1) is 0 Å². The number of rotatable bonds is 4. The first-order chi connectivity index (χ1) is 8.20. The molecular weight excluding hydrogens is 273 g/mol. The molecule has 0 aliphatic carbocycles. The van der Waals surface area contributed by atoms with Crippen molar-refractivity contribution in [2.45, 2.75) is 12.4 Å². The molecule has 0 bridgehead atoms. The summed E-state index contributed by atoms with van der Waals surface area (Å²) in [6.07, 6.45) is 0. The first-order valence-electron chi connectivity index (χ1n) is 5.28. The van der Waals surface area contributed by atoms with Crippen LogP contribution < -0.4 is 4.90 Å². The molecule has 1 aromatic heterocycles. The van der Waals surface area contributed by atoms with Gasteiger partial charge in [0.15, 0.2) is 0 Å². The summed E-state index contributed by atoms with van der Waals surface area (Å²) in [5, 5.41) is 2.83. The second-order valence-corrected chi connectivity index (χ2v) is 5.58. The van der Waals surface area contributed by atoms with Gasteiger partial charge in [0.05, 0.1) is 6.54 Å².